The molecule has 0 bridgehead atoms. The van der Waals surface area contributed by atoms with Crippen LogP contribution in [0.5, 0.6) is 0 Å². The first-order valence-electron chi connectivity index (χ1n) is 7.09. The third kappa shape index (κ3) is 3.59. The van der Waals surface area contributed by atoms with Crippen LogP contribution in [-0.4, -0.2) is 23.1 Å². The molecule has 0 saturated heterocycles. The van der Waals surface area contributed by atoms with E-state index in [9.17, 15) is 0 Å². The molecule has 0 atom stereocenters. The molecule has 1 aliphatic carbocycles. The number of aromatic nitrogens is 2. The van der Waals surface area contributed by atoms with Crippen LogP contribution in [0.15, 0.2) is 12.3 Å². The molecule has 0 aromatic carbocycles. The number of nitrogens with one attached hydrogen (secondary N) is 2. The first-order valence-corrected chi connectivity index (χ1v) is 7.09. The average molecular weight is 248 g/mol. The van der Waals surface area contributed by atoms with Crippen molar-refractivity contribution in [2.75, 3.05) is 23.7 Å². The van der Waals surface area contributed by atoms with E-state index in [-0.39, 0.29) is 0 Å². The molecule has 2 N–H and O–H groups in total. The quantitative estimate of drug-likeness (QED) is 0.741. The standard InChI is InChI=1S/C14H24N4/c1-3-6-14(7-8-14)11-17-12-5-10-16-13(18-12)15-9-4-2/h5,10H,3-4,6-9,11H2,1-2H3,(H2,15,16,17,18). The number of anilines is 2. The Bertz CT molecular complexity index is 374. The largest absolute Gasteiger partial charge is 0.369 e. The van der Waals surface area contributed by atoms with Crippen molar-refractivity contribution < 1.29 is 0 Å². The minimum Gasteiger partial charge on any atom is -0.369 e. The van der Waals surface area contributed by atoms with Crippen LogP contribution < -0.4 is 10.6 Å². The lowest BCUT2D eigenvalue weighted by atomic mass is 10.0. The summed E-state index contributed by atoms with van der Waals surface area (Å²) in [6, 6.07) is 1.94. The first kappa shape index (κ1) is 13.1. The smallest absolute Gasteiger partial charge is 0.224 e. The van der Waals surface area contributed by atoms with Crippen LogP contribution in [0.4, 0.5) is 11.8 Å². The molecule has 1 heterocycles. The molecule has 0 radical (unpaired) electrons. The van der Waals surface area contributed by atoms with Crippen molar-refractivity contribution in [3.05, 3.63) is 12.3 Å². The van der Waals surface area contributed by atoms with Gasteiger partial charge < -0.3 is 10.6 Å². The molecule has 1 aliphatic rings. The van der Waals surface area contributed by atoms with Gasteiger partial charge in [-0.15, -0.1) is 0 Å². The molecule has 4 nitrogen and oxygen atoms in total. The van der Waals surface area contributed by atoms with Gasteiger partial charge in [0.05, 0.1) is 0 Å². The van der Waals surface area contributed by atoms with Crippen LogP contribution in [0.2, 0.25) is 0 Å². The van der Waals surface area contributed by atoms with E-state index in [2.05, 4.69) is 34.4 Å². The molecule has 1 saturated carbocycles. The zero-order valence-corrected chi connectivity index (χ0v) is 11.5. The highest BCUT2D eigenvalue weighted by Crippen LogP contribution is 2.49. The van der Waals surface area contributed by atoms with E-state index in [1.807, 2.05) is 12.3 Å². The van der Waals surface area contributed by atoms with Crippen molar-refractivity contribution in [2.24, 2.45) is 5.41 Å². The summed E-state index contributed by atoms with van der Waals surface area (Å²) < 4.78 is 0. The van der Waals surface area contributed by atoms with Crippen molar-refractivity contribution in [3.8, 4) is 0 Å². The normalized spacial score (nSPS) is 16.3. The maximum Gasteiger partial charge on any atom is 0.224 e. The monoisotopic (exact) mass is 248 g/mol. The van der Waals surface area contributed by atoms with Crippen LogP contribution >= 0.6 is 0 Å². The summed E-state index contributed by atoms with van der Waals surface area (Å²) in [6.45, 7) is 6.36. The fourth-order valence-corrected chi connectivity index (χ4v) is 2.28. The highest BCUT2D eigenvalue weighted by molar-refractivity contribution is 5.39. The van der Waals surface area contributed by atoms with Crippen molar-refractivity contribution in [2.45, 2.75) is 46.0 Å². The Morgan fingerprint density at radius 1 is 1.22 bits per heavy atom. The molecular weight excluding hydrogens is 224 g/mol. The van der Waals surface area contributed by atoms with Crippen LogP contribution in [0.25, 0.3) is 0 Å². The van der Waals surface area contributed by atoms with Crippen molar-refractivity contribution >= 4 is 11.8 Å². The molecule has 0 aliphatic heterocycles. The van der Waals surface area contributed by atoms with Crippen LogP contribution in [0.3, 0.4) is 0 Å². The van der Waals surface area contributed by atoms with Gasteiger partial charge in [-0.1, -0.05) is 20.3 Å². The second-order valence-electron chi connectivity index (χ2n) is 5.30. The Morgan fingerprint density at radius 3 is 2.72 bits per heavy atom. The maximum absolute atomic E-state index is 4.47. The summed E-state index contributed by atoms with van der Waals surface area (Å²) in [5.74, 6) is 1.66. The fourth-order valence-electron chi connectivity index (χ4n) is 2.28. The van der Waals surface area contributed by atoms with E-state index in [0.717, 1.165) is 31.3 Å². The lowest BCUT2D eigenvalue weighted by Crippen LogP contribution is -2.16. The minimum absolute atomic E-state index is 0.552. The summed E-state index contributed by atoms with van der Waals surface area (Å²) >= 11 is 0. The summed E-state index contributed by atoms with van der Waals surface area (Å²) in [7, 11) is 0. The molecule has 0 spiro atoms. The van der Waals surface area contributed by atoms with Gasteiger partial charge in [0.15, 0.2) is 0 Å². The maximum atomic E-state index is 4.47. The molecule has 1 fully saturated rings. The Morgan fingerprint density at radius 2 is 2.06 bits per heavy atom. The molecule has 0 unspecified atom stereocenters. The van der Waals surface area contributed by atoms with E-state index in [1.165, 1.54) is 25.7 Å². The summed E-state index contributed by atoms with van der Waals surface area (Å²) in [4.78, 5) is 8.68. The van der Waals surface area contributed by atoms with Gasteiger partial charge >= 0.3 is 0 Å². The highest BCUT2D eigenvalue weighted by Gasteiger charge is 2.41. The Balaban J connectivity index is 1.85. The van der Waals surface area contributed by atoms with Gasteiger partial charge in [-0.2, -0.15) is 4.98 Å². The van der Waals surface area contributed by atoms with Crippen molar-refractivity contribution in [3.63, 3.8) is 0 Å². The number of hydrogen-bond donors (Lipinski definition) is 2. The number of nitrogens with zero attached hydrogens (tertiary/aromatic N) is 2. The van der Waals surface area contributed by atoms with Gasteiger partial charge in [-0.3, -0.25) is 0 Å². The second kappa shape index (κ2) is 6.03. The minimum atomic E-state index is 0.552. The van der Waals surface area contributed by atoms with Gasteiger partial charge in [-0.25, -0.2) is 4.98 Å². The van der Waals surface area contributed by atoms with Gasteiger partial charge in [0.1, 0.15) is 5.82 Å². The third-order valence-corrected chi connectivity index (χ3v) is 3.57. The fraction of sp³-hybridized carbons (Fsp3) is 0.714. The molecule has 18 heavy (non-hydrogen) atoms. The van der Waals surface area contributed by atoms with Crippen LogP contribution in [0, 0.1) is 5.41 Å². The van der Waals surface area contributed by atoms with Crippen LogP contribution in [-0.2, 0) is 0 Å². The van der Waals surface area contributed by atoms with E-state index in [1.54, 1.807) is 0 Å². The van der Waals surface area contributed by atoms with E-state index in [4.69, 9.17) is 0 Å². The number of rotatable bonds is 8. The average Bonchev–Trinajstić information content (AvgIpc) is 3.15. The number of hydrogen-bond acceptors (Lipinski definition) is 4. The van der Waals surface area contributed by atoms with Gasteiger partial charge in [0.2, 0.25) is 5.95 Å². The predicted octanol–water partition coefficient (Wildman–Crippen LogP) is 3.29. The van der Waals surface area contributed by atoms with Crippen molar-refractivity contribution in [1.82, 2.24) is 9.97 Å². The predicted molar refractivity (Wildman–Crippen MR) is 75.9 cm³/mol. The van der Waals surface area contributed by atoms with Gasteiger partial charge in [-0.05, 0) is 37.2 Å². The van der Waals surface area contributed by atoms with E-state index < -0.39 is 0 Å². The zero-order chi connectivity index (χ0) is 12.8. The molecule has 100 valence electrons. The first-order chi connectivity index (χ1) is 8.78. The lowest BCUT2D eigenvalue weighted by Gasteiger charge is -2.15. The molecule has 4 heteroatoms. The second-order valence-corrected chi connectivity index (χ2v) is 5.30. The van der Waals surface area contributed by atoms with E-state index >= 15 is 0 Å². The van der Waals surface area contributed by atoms with Gasteiger partial charge in [0, 0.05) is 19.3 Å². The van der Waals surface area contributed by atoms with Crippen molar-refractivity contribution in [1.29, 1.82) is 0 Å². The van der Waals surface area contributed by atoms with Gasteiger partial charge in [0.25, 0.3) is 0 Å². The summed E-state index contributed by atoms with van der Waals surface area (Å²) in [5, 5.41) is 6.67. The highest BCUT2D eigenvalue weighted by atomic mass is 15.1. The summed E-state index contributed by atoms with van der Waals surface area (Å²) in [5.41, 5.74) is 0.552. The van der Waals surface area contributed by atoms with Crippen LogP contribution in [0.1, 0.15) is 46.0 Å². The molecule has 1 aromatic heterocycles. The molecular formula is C14H24N4. The SMILES string of the molecule is CCCNc1nccc(NCC2(CCC)CC2)n1. The summed E-state index contributed by atoms with van der Waals surface area (Å²) in [6.07, 6.45) is 8.22. The molecule has 0 amide bonds. The van der Waals surface area contributed by atoms with E-state index in [0.29, 0.717) is 5.41 Å². The Hall–Kier alpha value is -1.32. The zero-order valence-electron chi connectivity index (χ0n) is 11.5. The molecule has 2 rings (SSSR count). The third-order valence-electron chi connectivity index (χ3n) is 3.57. The topological polar surface area (TPSA) is 49.8 Å². The lowest BCUT2D eigenvalue weighted by molar-refractivity contribution is 0.485. The molecule has 1 aromatic rings. The Kier molecular flexibility index (Phi) is 4.39. The Labute approximate surface area is 110 Å².